The Labute approximate surface area is 67.1 Å². The fraction of sp³-hybridized carbons (Fsp3) is 1.00. The number of fused-ring (bicyclic) bond motifs is 1. The lowest BCUT2D eigenvalue weighted by Crippen LogP contribution is -2.42. The van der Waals surface area contributed by atoms with Crippen molar-refractivity contribution in [2.24, 2.45) is 23.7 Å². The minimum Gasteiger partial charge on any atom is -0.374 e. The van der Waals surface area contributed by atoms with Crippen LogP contribution in [0.4, 0.5) is 0 Å². The second-order valence-corrected chi connectivity index (χ2v) is 4.87. The van der Waals surface area contributed by atoms with Gasteiger partial charge in [-0.05, 0) is 37.0 Å². The molecule has 5 rings (SSSR count). The van der Waals surface area contributed by atoms with Gasteiger partial charge in [0.25, 0.3) is 0 Å². The number of hydrogen-bond acceptors (Lipinski definition) is 1. The topological polar surface area (TPSA) is 9.23 Å². The average Bonchev–Trinajstić information content (AvgIpc) is 2.52. The third-order valence-electron chi connectivity index (χ3n) is 4.74. The van der Waals surface area contributed by atoms with E-state index in [-0.39, 0.29) is 0 Å². The Balaban J connectivity index is 1.80. The van der Waals surface area contributed by atoms with Crippen LogP contribution in [-0.2, 0) is 4.74 Å². The number of hydrogen-bond donors (Lipinski definition) is 0. The van der Waals surface area contributed by atoms with Crippen molar-refractivity contribution in [2.45, 2.75) is 37.9 Å². The highest BCUT2D eigenvalue weighted by Crippen LogP contribution is 2.66. The summed E-state index contributed by atoms with van der Waals surface area (Å²) < 4.78 is 5.77. The lowest BCUT2D eigenvalue weighted by molar-refractivity contribution is -0.138. The molecular weight excluding hydrogens is 136 g/mol. The fourth-order valence-corrected chi connectivity index (χ4v) is 4.47. The molecular formula is C10H14O. The lowest BCUT2D eigenvalue weighted by atomic mass is 9.80. The molecule has 0 N–H and O–H groups in total. The van der Waals surface area contributed by atoms with Gasteiger partial charge in [0.05, 0.1) is 12.2 Å². The molecule has 11 heavy (non-hydrogen) atoms. The quantitative estimate of drug-likeness (QED) is 0.512. The largest absolute Gasteiger partial charge is 0.374 e. The summed E-state index contributed by atoms with van der Waals surface area (Å²) in [6, 6.07) is 0. The molecule has 3 saturated carbocycles. The SMILES string of the molecule is C1CC2C3CC4OC3C4C2C1. The van der Waals surface area contributed by atoms with E-state index in [9.17, 15) is 0 Å². The molecule has 0 radical (unpaired) electrons. The molecule has 2 saturated heterocycles. The summed E-state index contributed by atoms with van der Waals surface area (Å²) in [6.45, 7) is 0. The van der Waals surface area contributed by atoms with Gasteiger partial charge < -0.3 is 4.74 Å². The van der Waals surface area contributed by atoms with Crippen LogP contribution in [0.3, 0.4) is 0 Å². The van der Waals surface area contributed by atoms with Gasteiger partial charge in [0.2, 0.25) is 0 Å². The van der Waals surface area contributed by atoms with Crippen LogP contribution in [-0.4, -0.2) is 12.2 Å². The minimum atomic E-state index is 0.726. The standard InChI is InChI=1S/C10H14O/c1-2-5-6(3-1)9-8-4-7(5)10(9)11-8/h5-10H,1-4H2. The van der Waals surface area contributed by atoms with Crippen LogP contribution >= 0.6 is 0 Å². The van der Waals surface area contributed by atoms with E-state index in [2.05, 4.69) is 0 Å². The van der Waals surface area contributed by atoms with Gasteiger partial charge in [0.15, 0.2) is 0 Å². The van der Waals surface area contributed by atoms with E-state index in [0.29, 0.717) is 0 Å². The molecule has 0 spiro atoms. The van der Waals surface area contributed by atoms with Crippen LogP contribution in [0.1, 0.15) is 25.7 Å². The van der Waals surface area contributed by atoms with E-state index in [4.69, 9.17) is 4.74 Å². The molecule has 60 valence electrons. The van der Waals surface area contributed by atoms with E-state index < -0.39 is 0 Å². The summed E-state index contributed by atoms with van der Waals surface area (Å²) in [5.41, 5.74) is 0. The van der Waals surface area contributed by atoms with Crippen LogP contribution in [0.25, 0.3) is 0 Å². The summed E-state index contributed by atoms with van der Waals surface area (Å²) in [5, 5.41) is 0. The lowest BCUT2D eigenvalue weighted by Gasteiger charge is -2.37. The molecule has 4 bridgehead atoms. The van der Waals surface area contributed by atoms with Crippen LogP contribution in [0, 0.1) is 23.7 Å². The Kier molecular flexibility index (Phi) is 0.769. The zero-order chi connectivity index (χ0) is 7.00. The first-order valence-electron chi connectivity index (χ1n) is 5.10. The first-order valence-corrected chi connectivity index (χ1v) is 5.10. The second-order valence-electron chi connectivity index (χ2n) is 4.87. The highest BCUT2D eigenvalue weighted by molar-refractivity contribution is 5.15. The van der Waals surface area contributed by atoms with Gasteiger partial charge >= 0.3 is 0 Å². The van der Waals surface area contributed by atoms with Gasteiger partial charge in [-0.15, -0.1) is 0 Å². The molecule has 0 aromatic carbocycles. The Bertz CT molecular complexity index is 197. The highest BCUT2D eigenvalue weighted by Gasteiger charge is 2.67. The van der Waals surface area contributed by atoms with E-state index in [1.54, 1.807) is 0 Å². The summed E-state index contributed by atoms with van der Waals surface area (Å²) in [6.07, 6.45) is 7.47. The molecule has 0 amide bonds. The first-order chi connectivity index (χ1) is 5.45. The predicted octanol–water partition coefficient (Wildman–Crippen LogP) is 1.82. The molecule has 5 fully saturated rings. The van der Waals surface area contributed by atoms with Crippen molar-refractivity contribution in [2.75, 3.05) is 0 Å². The van der Waals surface area contributed by atoms with Gasteiger partial charge in [0, 0.05) is 5.92 Å². The molecule has 3 aliphatic carbocycles. The van der Waals surface area contributed by atoms with Crippen molar-refractivity contribution < 1.29 is 4.74 Å². The predicted molar refractivity (Wildman–Crippen MR) is 41.1 cm³/mol. The van der Waals surface area contributed by atoms with Crippen LogP contribution in [0.2, 0.25) is 0 Å². The monoisotopic (exact) mass is 150 g/mol. The van der Waals surface area contributed by atoms with Gasteiger partial charge in [0.1, 0.15) is 0 Å². The Morgan fingerprint density at radius 2 is 1.91 bits per heavy atom. The van der Waals surface area contributed by atoms with Crippen molar-refractivity contribution in [1.82, 2.24) is 0 Å². The van der Waals surface area contributed by atoms with E-state index in [1.807, 2.05) is 0 Å². The van der Waals surface area contributed by atoms with Crippen molar-refractivity contribution in [3.63, 3.8) is 0 Å². The first kappa shape index (κ1) is 5.58. The van der Waals surface area contributed by atoms with Gasteiger partial charge in [-0.3, -0.25) is 0 Å². The summed E-state index contributed by atoms with van der Waals surface area (Å²) in [5.74, 6) is 4.26. The summed E-state index contributed by atoms with van der Waals surface area (Å²) in [7, 11) is 0. The van der Waals surface area contributed by atoms with E-state index in [1.165, 1.54) is 25.7 Å². The number of rotatable bonds is 0. The highest BCUT2D eigenvalue weighted by atomic mass is 16.5. The molecule has 1 heteroatoms. The summed E-state index contributed by atoms with van der Waals surface area (Å²) >= 11 is 0. The van der Waals surface area contributed by atoms with Crippen LogP contribution in [0.5, 0.6) is 0 Å². The van der Waals surface area contributed by atoms with Gasteiger partial charge in [-0.2, -0.15) is 0 Å². The van der Waals surface area contributed by atoms with E-state index in [0.717, 1.165) is 35.9 Å². The second kappa shape index (κ2) is 1.52. The Morgan fingerprint density at radius 3 is 2.91 bits per heavy atom. The maximum Gasteiger partial charge on any atom is 0.0666 e. The third kappa shape index (κ3) is 0.438. The smallest absolute Gasteiger partial charge is 0.0666 e. The Morgan fingerprint density at radius 1 is 1.00 bits per heavy atom. The Hall–Kier alpha value is -0.0400. The van der Waals surface area contributed by atoms with Gasteiger partial charge in [-0.1, -0.05) is 6.42 Å². The zero-order valence-electron chi connectivity index (χ0n) is 6.70. The van der Waals surface area contributed by atoms with Crippen LogP contribution < -0.4 is 0 Å². The van der Waals surface area contributed by atoms with Crippen LogP contribution in [0.15, 0.2) is 0 Å². The molecule has 5 aliphatic rings. The summed E-state index contributed by atoms with van der Waals surface area (Å²) in [4.78, 5) is 0. The fourth-order valence-electron chi connectivity index (χ4n) is 4.47. The van der Waals surface area contributed by atoms with Gasteiger partial charge in [-0.25, -0.2) is 0 Å². The molecule has 1 nitrogen and oxygen atoms in total. The molecule has 6 unspecified atom stereocenters. The zero-order valence-corrected chi connectivity index (χ0v) is 6.70. The molecule has 2 aliphatic heterocycles. The molecule has 0 aromatic heterocycles. The molecule has 0 aromatic rings. The average molecular weight is 150 g/mol. The molecule has 2 heterocycles. The maximum absolute atomic E-state index is 5.77. The van der Waals surface area contributed by atoms with Crippen molar-refractivity contribution in [3.8, 4) is 0 Å². The maximum atomic E-state index is 5.77. The van der Waals surface area contributed by atoms with Crippen molar-refractivity contribution in [1.29, 1.82) is 0 Å². The molecule has 6 atom stereocenters. The number of ether oxygens (including phenoxy) is 1. The van der Waals surface area contributed by atoms with E-state index >= 15 is 0 Å². The minimum absolute atomic E-state index is 0.726. The van der Waals surface area contributed by atoms with Crippen molar-refractivity contribution in [3.05, 3.63) is 0 Å². The third-order valence-corrected chi connectivity index (χ3v) is 4.74. The van der Waals surface area contributed by atoms with Crippen molar-refractivity contribution >= 4 is 0 Å². The normalized spacial score (nSPS) is 69.8.